The standard InChI is InChI=1S/C18H30FN3O2.HI/c1-4-20-18(21-10-12-24-11-9-14(2)3)22-13-17(23)15-5-7-16(19)8-6-15;/h5-8,14,17,23H,4,9-13H2,1-3H3,(H2,20,21,22);1H. The second-order valence-electron chi connectivity index (χ2n) is 6.01. The van der Waals surface area contributed by atoms with Crippen LogP contribution in [0.15, 0.2) is 29.3 Å². The number of guanidine groups is 1. The van der Waals surface area contributed by atoms with Crippen molar-refractivity contribution in [3.8, 4) is 0 Å². The summed E-state index contributed by atoms with van der Waals surface area (Å²) in [5, 5.41) is 16.4. The van der Waals surface area contributed by atoms with Gasteiger partial charge in [-0.3, -0.25) is 4.99 Å². The highest BCUT2D eigenvalue weighted by molar-refractivity contribution is 14.0. The molecule has 0 heterocycles. The molecular weight excluding hydrogens is 436 g/mol. The minimum atomic E-state index is -0.761. The Labute approximate surface area is 167 Å². The highest BCUT2D eigenvalue weighted by Gasteiger charge is 2.07. The Balaban J connectivity index is 0.00000576. The van der Waals surface area contributed by atoms with Crippen LogP contribution in [0.2, 0.25) is 0 Å². The van der Waals surface area contributed by atoms with Crippen LogP contribution in [0, 0.1) is 11.7 Å². The van der Waals surface area contributed by atoms with E-state index in [9.17, 15) is 9.50 Å². The molecule has 0 spiro atoms. The van der Waals surface area contributed by atoms with Crippen molar-refractivity contribution >= 4 is 29.9 Å². The zero-order valence-corrected chi connectivity index (χ0v) is 17.6. The van der Waals surface area contributed by atoms with Crippen molar-refractivity contribution in [1.29, 1.82) is 0 Å². The molecule has 0 bridgehead atoms. The van der Waals surface area contributed by atoms with Crippen LogP contribution in [0.1, 0.15) is 38.9 Å². The van der Waals surface area contributed by atoms with Crippen LogP contribution in [0.25, 0.3) is 0 Å². The van der Waals surface area contributed by atoms with Gasteiger partial charge in [0.1, 0.15) is 5.82 Å². The fourth-order valence-electron chi connectivity index (χ4n) is 1.97. The van der Waals surface area contributed by atoms with Gasteiger partial charge in [0.15, 0.2) is 5.96 Å². The highest BCUT2D eigenvalue weighted by atomic mass is 127. The van der Waals surface area contributed by atoms with Crippen LogP contribution < -0.4 is 10.6 Å². The summed E-state index contributed by atoms with van der Waals surface area (Å²) in [6.07, 6.45) is 0.293. The lowest BCUT2D eigenvalue weighted by molar-refractivity contribution is 0.128. The SMILES string of the molecule is CCNC(=NCC(O)c1ccc(F)cc1)NCCOCCC(C)C.I. The Morgan fingerprint density at radius 2 is 1.88 bits per heavy atom. The second-order valence-corrected chi connectivity index (χ2v) is 6.01. The average Bonchev–Trinajstić information content (AvgIpc) is 2.55. The van der Waals surface area contributed by atoms with Crippen LogP contribution in [0.3, 0.4) is 0 Å². The van der Waals surface area contributed by atoms with Crippen molar-refractivity contribution in [3.63, 3.8) is 0 Å². The van der Waals surface area contributed by atoms with E-state index in [4.69, 9.17) is 4.74 Å². The summed E-state index contributed by atoms with van der Waals surface area (Å²) in [5.74, 6) is 0.956. The molecule has 144 valence electrons. The first kappa shape index (κ1) is 24.1. The summed E-state index contributed by atoms with van der Waals surface area (Å²) in [6.45, 7) is 9.27. The molecule has 0 aromatic heterocycles. The van der Waals surface area contributed by atoms with E-state index in [1.165, 1.54) is 12.1 Å². The van der Waals surface area contributed by atoms with Gasteiger partial charge in [0.25, 0.3) is 0 Å². The number of rotatable bonds is 10. The predicted molar refractivity (Wildman–Crippen MR) is 111 cm³/mol. The third kappa shape index (κ3) is 11.3. The zero-order chi connectivity index (χ0) is 17.8. The fourth-order valence-corrected chi connectivity index (χ4v) is 1.97. The van der Waals surface area contributed by atoms with E-state index >= 15 is 0 Å². The third-order valence-electron chi connectivity index (χ3n) is 3.40. The maximum atomic E-state index is 12.9. The van der Waals surface area contributed by atoms with E-state index in [2.05, 4.69) is 29.5 Å². The van der Waals surface area contributed by atoms with Gasteiger partial charge in [0, 0.05) is 19.7 Å². The number of hydrogen-bond donors (Lipinski definition) is 3. The molecule has 3 N–H and O–H groups in total. The molecule has 1 rings (SSSR count). The van der Waals surface area contributed by atoms with Gasteiger partial charge in [-0.15, -0.1) is 24.0 Å². The zero-order valence-electron chi connectivity index (χ0n) is 15.3. The quantitative estimate of drug-likeness (QED) is 0.214. The summed E-state index contributed by atoms with van der Waals surface area (Å²) < 4.78 is 18.4. The van der Waals surface area contributed by atoms with Gasteiger partial charge in [-0.1, -0.05) is 26.0 Å². The van der Waals surface area contributed by atoms with Crippen LogP contribution >= 0.6 is 24.0 Å². The molecule has 0 saturated carbocycles. The molecule has 1 aromatic rings. The monoisotopic (exact) mass is 467 g/mol. The van der Waals surface area contributed by atoms with Crippen LogP contribution in [-0.2, 0) is 4.74 Å². The third-order valence-corrected chi connectivity index (χ3v) is 3.40. The van der Waals surface area contributed by atoms with Crippen molar-refractivity contribution < 1.29 is 14.2 Å². The molecule has 0 amide bonds. The number of nitrogens with one attached hydrogen (secondary N) is 2. The molecule has 0 saturated heterocycles. The van der Waals surface area contributed by atoms with Gasteiger partial charge in [-0.2, -0.15) is 0 Å². The molecule has 0 aliphatic rings. The summed E-state index contributed by atoms with van der Waals surface area (Å²) in [4.78, 5) is 4.35. The highest BCUT2D eigenvalue weighted by Crippen LogP contribution is 2.13. The van der Waals surface area contributed by atoms with E-state index in [0.29, 0.717) is 30.6 Å². The van der Waals surface area contributed by atoms with E-state index in [-0.39, 0.29) is 36.3 Å². The van der Waals surface area contributed by atoms with Crippen molar-refractivity contribution in [2.24, 2.45) is 10.9 Å². The van der Waals surface area contributed by atoms with Gasteiger partial charge in [0.2, 0.25) is 0 Å². The molecule has 0 fully saturated rings. The minimum Gasteiger partial charge on any atom is -0.386 e. The Bertz CT molecular complexity index is 484. The van der Waals surface area contributed by atoms with Crippen molar-refractivity contribution in [2.75, 3.05) is 32.8 Å². The molecule has 1 atom stereocenters. The van der Waals surface area contributed by atoms with Crippen molar-refractivity contribution in [2.45, 2.75) is 33.3 Å². The molecule has 0 aliphatic heterocycles. The normalized spacial score (nSPS) is 12.6. The van der Waals surface area contributed by atoms with Gasteiger partial charge >= 0.3 is 0 Å². The minimum absolute atomic E-state index is 0. The maximum absolute atomic E-state index is 12.9. The largest absolute Gasteiger partial charge is 0.386 e. The molecule has 7 heteroatoms. The van der Waals surface area contributed by atoms with Gasteiger partial charge < -0.3 is 20.5 Å². The number of aliphatic hydroxyl groups is 1. The first-order chi connectivity index (χ1) is 11.5. The van der Waals surface area contributed by atoms with Gasteiger partial charge in [0.05, 0.1) is 19.3 Å². The number of aliphatic imine (C=N–C) groups is 1. The molecule has 25 heavy (non-hydrogen) atoms. The lowest BCUT2D eigenvalue weighted by Gasteiger charge is -2.13. The van der Waals surface area contributed by atoms with Gasteiger partial charge in [-0.25, -0.2) is 4.39 Å². The number of nitrogens with zero attached hydrogens (tertiary/aromatic N) is 1. The Morgan fingerprint density at radius 3 is 2.48 bits per heavy atom. The molecular formula is C18H31FIN3O2. The van der Waals surface area contributed by atoms with E-state index in [1.54, 1.807) is 12.1 Å². The predicted octanol–water partition coefficient (Wildman–Crippen LogP) is 3.09. The topological polar surface area (TPSA) is 65.9 Å². The van der Waals surface area contributed by atoms with E-state index in [0.717, 1.165) is 19.6 Å². The smallest absolute Gasteiger partial charge is 0.191 e. The summed E-state index contributed by atoms with van der Waals surface area (Å²) in [6, 6.07) is 5.80. The van der Waals surface area contributed by atoms with Crippen LogP contribution in [0.4, 0.5) is 4.39 Å². The Morgan fingerprint density at radius 1 is 1.20 bits per heavy atom. The van der Waals surface area contributed by atoms with E-state index in [1.807, 2.05) is 6.92 Å². The number of ether oxygens (including phenoxy) is 1. The fraction of sp³-hybridized carbons (Fsp3) is 0.611. The molecule has 1 unspecified atom stereocenters. The van der Waals surface area contributed by atoms with Crippen LogP contribution in [-0.4, -0.2) is 43.9 Å². The number of halogens is 2. The lowest BCUT2D eigenvalue weighted by Crippen LogP contribution is -2.39. The Hall–Kier alpha value is -0.930. The summed E-state index contributed by atoms with van der Waals surface area (Å²) >= 11 is 0. The first-order valence-corrected chi connectivity index (χ1v) is 8.56. The first-order valence-electron chi connectivity index (χ1n) is 8.56. The molecule has 0 radical (unpaired) electrons. The van der Waals surface area contributed by atoms with Crippen LogP contribution in [0.5, 0.6) is 0 Å². The molecule has 0 aliphatic carbocycles. The van der Waals surface area contributed by atoms with Crippen molar-refractivity contribution in [3.05, 3.63) is 35.6 Å². The van der Waals surface area contributed by atoms with Gasteiger partial charge in [-0.05, 0) is 37.0 Å². The molecule has 5 nitrogen and oxygen atoms in total. The lowest BCUT2D eigenvalue weighted by atomic mass is 10.1. The second kappa shape index (κ2) is 14.3. The summed E-state index contributed by atoms with van der Waals surface area (Å²) in [5.41, 5.74) is 0.646. The Kier molecular flexibility index (Phi) is 13.7. The summed E-state index contributed by atoms with van der Waals surface area (Å²) in [7, 11) is 0. The number of benzene rings is 1. The number of hydrogen-bond acceptors (Lipinski definition) is 3. The van der Waals surface area contributed by atoms with E-state index < -0.39 is 6.10 Å². The molecule has 1 aromatic carbocycles. The van der Waals surface area contributed by atoms with Crippen molar-refractivity contribution in [1.82, 2.24) is 10.6 Å². The number of aliphatic hydroxyl groups excluding tert-OH is 1. The maximum Gasteiger partial charge on any atom is 0.191 e. The average molecular weight is 467 g/mol.